The van der Waals surface area contributed by atoms with Gasteiger partial charge in [0.15, 0.2) is 10.9 Å². The Hall–Kier alpha value is -5.06. The molecule has 1 aliphatic rings. The molecule has 3 heterocycles. The minimum absolute atomic E-state index is 0.0886. The first-order valence-corrected chi connectivity index (χ1v) is 15.3. The summed E-state index contributed by atoms with van der Waals surface area (Å²) in [5.41, 5.74) is 3.06. The van der Waals surface area contributed by atoms with Crippen LogP contribution in [0.4, 0.5) is 0 Å². The summed E-state index contributed by atoms with van der Waals surface area (Å²) < 4.78 is 39.1. The maximum atomic E-state index is 13.5. The summed E-state index contributed by atoms with van der Waals surface area (Å²) in [5.74, 6) is 2.34. The van der Waals surface area contributed by atoms with Gasteiger partial charge in [0.1, 0.15) is 49.4 Å². The van der Waals surface area contributed by atoms with Gasteiger partial charge in [0.2, 0.25) is 0 Å². The molecule has 236 valence electrons. The van der Waals surface area contributed by atoms with E-state index in [1.807, 2.05) is 71.8 Å². The van der Waals surface area contributed by atoms with Gasteiger partial charge in [0.05, 0.1) is 48.5 Å². The standard InChI is InChI=1S/C36H34N2O8/c1-37-31-7-3-23-19-27(31)35(39)28-20-24(4-8-32(28)37)44-16-12-42-14-18-46-26-6-10-34-30(22-26)36(40)29-21-25(5-9-33(29)38(34)2)45-17-13-41-11-15-43-23/h3-10,19-22H,11-18H2,1-2H3. The molecule has 0 fully saturated rings. The van der Waals surface area contributed by atoms with Crippen LogP contribution in [0.2, 0.25) is 0 Å². The molecule has 4 aromatic carbocycles. The number of aromatic nitrogens is 2. The topological polar surface area (TPSA) is 99.4 Å². The molecule has 10 nitrogen and oxygen atoms in total. The molecule has 0 saturated carbocycles. The van der Waals surface area contributed by atoms with Crippen molar-refractivity contribution in [2.75, 3.05) is 52.9 Å². The predicted octanol–water partition coefficient (Wildman–Crippen LogP) is 4.96. The molecule has 0 N–H and O–H groups in total. The lowest BCUT2D eigenvalue weighted by Gasteiger charge is -2.14. The lowest BCUT2D eigenvalue weighted by Crippen LogP contribution is -2.14. The van der Waals surface area contributed by atoms with E-state index in [0.29, 0.717) is 97.4 Å². The van der Waals surface area contributed by atoms with Gasteiger partial charge >= 0.3 is 0 Å². The summed E-state index contributed by atoms with van der Waals surface area (Å²) in [7, 11) is 3.87. The molecule has 0 radical (unpaired) electrons. The number of benzene rings is 4. The number of hydrogen-bond donors (Lipinski definition) is 0. The van der Waals surface area contributed by atoms with Crippen molar-refractivity contribution in [3.05, 3.63) is 93.2 Å². The van der Waals surface area contributed by atoms with Crippen molar-refractivity contribution in [1.29, 1.82) is 0 Å². The van der Waals surface area contributed by atoms with Crippen LogP contribution in [-0.4, -0.2) is 62.0 Å². The summed E-state index contributed by atoms with van der Waals surface area (Å²) >= 11 is 0. The zero-order valence-corrected chi connectivity index (χ0v) is 25.7. The van der Waals surface area contributed by atoms with E-state index >= 15 is 0 Å². The highest BCUT2D eigenvalue weighted by molar-refractivity contribution is 5.95. The SMILES string of the molecule is Cn1c2ccc3cc2c(=O)c2cc(ccc21)OCCOCCOc1ccc2c(c1)c(=O)c1cc(ccc1n2C)OCCOCCO3. The third-order valence-electron chi connectivity index (χ3n) is 8.28. The van der Waals surface area contributed by atoms with E-state index < -0.39 is 0 Å². The second-order valence-electron chi connectivity index (χ2n) is 11.1. The Bertz CT molecular complexity index is 1900. The summed E-state index contributed by atoms with van der Waals surface area (Å²) in [6.07, 6.45) is 0. The molecule has 0 atom stereocenters. The second-order valence-corrected chi connectivity index (χ2v) is 11.1. The van der Waals surface area contributed by atoms with Crippen molar-refractivity contribution < 1.29 is 28.4 Å². The monoisotopic (exact) mass is 622 g/mol. The van der Waals surface area contributed by atoms with E-state index in [4.69, 9.17) is 28.4 Å². The van der Waals surface area contributed by atoms with Crippen molar-refractivity contribution in [3.63, 3.8) is 0 Å². The van der Waals surface area contributed by atoms with Crippen molar-refractivity contribution in [1.82, 2.24) is 9.13 Å². The molecule has 10 heteroatoms. The Kier molecular flexibility index (Phi) is 8.21. The van der Waals surface area contributed by atoms with E-state index in [1.54, 1.807) is 24.3 Å². The quantitative estimate of drug-likeness (QED) is 0.219. The smallest absolute Gasteiger partial charge is 0.197 e. The number of pyridine rings is 2. The van der Waals surface area contributed by atoms with Gasteiger partial charge in [-0.3, -0.25) is 9.59 Å². The third-order valence-corrected chi connectivity index (χ3v) is 8.28. The van der Waals surface area contributed by atoms with Gasteiger partial charge in [0.25, 0.3) is 0 Å². The van der Waals surface area contributed by atoms with E-state index in [0.717, 1.165) is 22.1 Å². The highest BCUT2D eigenvalue weighted by Crippen LogP contribution is 2.27. The average Bonchev–Trinajstić information content (AvgIpc) is 3.08. The number of hydrogen-bond acceptors (Lipinski definition) is 8. The van der Waals surface area contributed by atoms with Crippen LogP contribution in [0.1, 0.15) is 0 Å². The Labute approximate surface area is 264 Å². The Morgan fingerprint density at radius 2 is 0.674 bits per heavy atom. The lowest BCUT2D eigenvalue weighted by molar-refractivity contribution is 0.0765. The molecule has 0 saturated heterocycles. The first kappa shape index (κ1) is 29.6. The fourth-order valence-electron chi connectivity index (χ4n) is 5.94. The Morgan fingerprint density at radius 1 is 0.413 bits per heavy atom. The minimum Gasteiger partial charge on any atom is -0.491 e. The largest absolute Gasteiger partial charge is 0.491 e. The summed E-state index contributed by atoms with van der Waals surface area (Å²) in [5, 5.41) is 2.25. The lowest BCUT2D eigenvalue weighted by atomic mass is 10.1. The number of fused-ring (bicyclic) bond motifs is 4. The number of ether oxygens (including phenoxy) is 6. The highest BCUT2D eigenvalue weighted by atomic mass is 16.5. The van der Waals surface area contributed by atoms with Crippen LogP contribution < -0.4 is 29.8 Å². The first-order valence-electron chi connectivity index (χ1n) is 15.3. The van der Waals surface area contributed by atoms with Gasteiger partial charge in [-0.1, -0.05) is 0 Å². The Morgan fingerprint density at radius 3 is 0.935 bits per heavy atom. The highest BCUT2D eigenvalue weighted by Gasteiger charge is 2.13. The van der Waals surface area contributed by atoms with Gasteiger partial charge in [-0.25, -0.2) is 0 Å². The van der Waals surface area contributed by atoms with Gasteiger partial charge in [0, 0.05) is 35.6 Å². The van der Waals surface area contributed by atoms with Crippen molar-refractivity contribution in [2.24, 2.45) is 14.1 Å². The summed E-state index contributed by atoms with van der Waals surface area (Å²) in [6.45, 7) is 2.61. The molecule has 0 aliphatic carbocycles. The molecule has 1 aliphatic heterocycles. The molecule has 0 amide bonds. The van der Waals surface area contributed by atoms with E-state index in [-0.39, 0.29) is 10.9 Å². The average molecular weight is 623 g/mol. The molecular weight excluding hydrogens is 588 g/mol. The molecule has 6 aromatic rings. The van der Waals surface area contributed by atoms with E-state index in [9.17, 15) is 9.59 Å². The van der Waals surface area contributed by atoms with Crippen molar-refractivity contribution in [3.8, 4) is 23.0 Å². The van der Waals surface area contributed by atoms with Crippen LogP contribution in [0.3, 0.4) is 0 Å². The molecule has 7 rings (SSSR count). The van der Waals surface area contributed by atoms with Crippen molar-refractivity contribution >= 4 is 43.6 Å². The van der Waals surface area contributed by atoms with Crippen LogP contribution >= 0.6 is 0 Å². The first-order chi connectivity index (χ1) is 22.5. The third kappa shape index (κ3) is 5.73. The van der Waals surface area contributed by atoms with Gasteiger partial charge in [-0.15, -0.1) is 0 Å². The van der Waals surface area contributed by atoms with Crippen molar-refractivity contribution in [2.45, 2.75) is 0 Å². The van der Waals surface area contributed by atoms with Crippen LogP contribution in [0.15, 0.2) is 82.4 Å². The van der Waals surface area contributed by atoms with E-state index in [2.05, 4.69) is 0 Å². The normalized spacial score (nSPS) is 15.2. The molecule has 2 aromatic heterocycles. The minimum atomic E-state index is -0.0886. The van der Waals surface area contributed by atoms with Gasteiger partial charge < -0.3 is 37.6 Å². The van der Waals surface area contributed by atoms with Gasteiger partial charge in [-0.2, -0.15) is 0 Å². The maximum absolute atomic E-state index is 13.5. The zero-order chi connectivity index (χ0) is 31.6. The number of aryl methyl sites for hydroxylation is 2. The predicted molar refractivity (Wildman–Crippen MR) is 177 cm³/mol. The summed E-state index contributed by atoms with van der Waals surface area (Å²) in [4.78, 5) is 27.1. The van der Waals surface area contributed by atoms with Gasteiger partial charge in [-0.05, 0) is 72.8 Å². The fourth-order valence-corrected chi connectivity index (χ4v) is 5.94. The van der Waals surface area contributed by atoms with Crippen LogP contribution in [0.25, 0.3) is 43.6 Å². The number of nitrogens with zero attached hydrogens (tertiary/aromatic N) is 2. The van der Waals surface area contributed by atoms with Crippen LogP contribution in [0, 0.1) is 0 Å². The molecule has 0 spiro atoms. The fraction of sp³-hybridized carbons (Fsp3) is 0.278. The summed E-state index contributed by atoms with van der Waals surface area (Å²) in [6, 6.07) is 22.1. The second kappa shape index (κ2) is 12.7. The number of rotatable bonds is 0. The van der Waals surface area contributed by atoms with Crippen LogP contribution in [0.5, 0.6) is 23.0 Å². The molecule has 46 heavy (non-hydrogen) atoms. The zero-order valence-electron chi connectivity index (χ0n) is 25.7. The molecular formula is C36H34N2O8. The van der Waals surface area contributed by atoms with Crippen LogP contribution in [-0.2, 0) is 23.6 Å². The van der Waals surface area contributed by atoms with E-state index in [1.165, 1.54) is 0 Å². The molecule has 8 bridgehead atoms. The molecule has 0 unspecified atom stereocenters. The maximum Gasteiger partial charge on any atom is 0.197 e. The Balaban J connectivity index is 1.13.